The average molecular weight is 519 g/mol. The number of nitrogens with one attached hydrogen (secondary N) is 2. The van der Waals surface area contributed by atoms with Crippen LogP contribution in [-0.2, 0) is 14.6 Å². The quantitative estimate of drug-likeness (QED) is 0.404. The molecule has 0 bridgehead atoms. The van der Waals surface area contributed by atoms with Crippen LogP contribution in [0, 0.1) is 0 Å². The van der Waals surface area contributed by atoms with Crippen LogP contribution in [0.1, 0.15) is 6.92 Å². The van der Waals surface area contributed by atoms with Crippen LogP contribution in [0.25, 0.3) is 0 Å². The van der Waals surface area contributed by atoms with Gasteiger partial charge in [0.05, 0.1) is 36.1 Å². The Morgan fingerprint density at radius 3 is 2.57 bits per heavy atom. The summed E-state index contributed by atoms with van der Waals surface area (Å²) in [4.78, 5) is 11.0. The zero-order chi connectivity index (χ0) is 25.0. The molecular weight excluding hydrogens is 492 g/mol. The molecule has 186 valence electrons. The van der Waals surface area contributed by atoms with E-state index in [1.807, 2.05) is 25.1 Å². The number of anilines is 6. The molecule has 4 N–H and O–H groups in total. The van der Waals surface area contributed by atoms with Crippen molar-refractivity contribution < 1.29 is 17.9 Å². The highest BCUT2D eigenvalue weighted by Crippen LogP contribution is 2.35. The second-order valence-corrected chi connectivity index (χ2v) is 10.2. The van der Waals surface area contributed by atoms with E-state index >= 15 is 0 Å². The molecule has 1 aromatic heterocycles. The third-order valence-corrected chi connectivity index (χ3v) is 6.83. The van der Waals surface area contributed by atoms with Crippen LogP contribution in [0.3, 0.4) is 0 Å². The summed E-state index contributed by atoms with van der Waals surface area (Å²) >= 11 is 6.34. The van der Waals surface area contributed by atoms with Gasteiger partial charge >= 0.3 is 0 Å². The van der Waals surface area contributed by atoms with Gasteiger partial charge in [0.15, 0.2) is 15.7 Å². The van der Waals surface area contributed by atoms with Crippen LogP contribution in [0.15, 0.2) is 47.4 Å². The normalized spacial score (nSPS) is 14.0. The molecule has 1 fully saturated rings. The van der Waals surface area contributed by atoms with Crippen molar-refractivity contribution in [1.82, 2.24) is 9.97 Å². The van der Waals surface area contributed by atoms with Crippen molar-refractivity contribution in [3.63, 3.8) is 0 Å². The van der Waals surface area contributed by atoms with E-state index < -0.39 is 9.84 Å². The van der Waals surface area contributed by atoms with Crippen LogP contribution in [0.2, 0.25) is 5.02 Å². The van der Waals surface area contributed by atoms with Crippen LogP contribution < -0.4 is 26.0 Å². The molecule has 0 radical (unpaired) electrons. The van der Waals surface area contributed by atoms with Crippen molar-refractivity contribution in [3.05, 3.63) is 47.5 Å². The molecule has 10 nitrogen and oxygen atoms in total. The van der Waals surface area contributed by atoms with Crippen molar-refractivity contribution in [3.8, 4) is 5.75 Å². The van der Waals surface area contributed by atoms with Gasteiger partial charge in [-0.05, 0) is 31.2 Å². The van der Waals surface area contributed by atoms with Gasteiger partial charge in [-0.1, -0.05) is 23.7 Å². The van der Waals surface area contributed by atoms with Crippen LogP contribution >= 0.6 is 11.6 Å². The summed E-state index contributed by atoms with van der Waals surface area (Å²) in [5.41, 5.74) is 8.04. The van der Waals surface area contributed by atoms with E-state index in [0.717, 1.165) is 25.0 Å². The molecule has 2 aromatic carbocycles. The molecule has 1 aliphatic heterocycles. The lowest BCUT2D eigenvalue weighted by atomic mass is 10.2. The number of sulfone groups is 1. The first-order valence-corrected chi connectivity index (χ1v) is 13.3. The number of nitrogens with zero attached hydrogens (tertiary/aromatic N) is 3. The topological polar surface area (TPSA) is 132 Å². The SMILES string of the molecule is CCOc1cc(N2CCOCC2)ccc1Nc1nc(N)c(Cl)c(Nc2ccccc2S(C)(=O)=O)n1. The van der Waals surface area contributed by atoms with Gasteiger partial charge in [-0.2, -0.15) is 9.97 Å². The minimum Gasteiger partial charge on any atom is -0.492 e. The highest BCUT2D eigenvalue weighted by molar-refractivity contribution is 7.90. The Labute approximate surface area is 209 Å². The first-order chi connectivity index (χ1) is 16.8. The van der Waals surface area contributed by atoms with Gasteiger partial charge in [0, 0.05) is 31.1 Å². The summed E-state index contributed by atoms with van der Waals surface area (Å²) in [5, 5.41) is 6.19. The Hall–Kier alpha value is -3.28. The number of rotatable bonds is 8. The van der Waals surface area contributed by atoms with E-state index in [1.165, 1.54) is 6.07 Å². The van der Waals surface area contributed by atoms with Gasteiger partial charge < -0.3 is 30.7 Å². The number of hydrogen-bond donors (Lipinski definition) is 3. The largest absolute Gasteiger partial charge is 0.492 e. The molecule has 0 unspecified atom stereocenters. The lowest BCUT2D eigenvalue weighted by Crippen LogP contribution is -2.36. The van der Waals surface area contributed by atoms with Crippen LogP contribution in [-0.4, -0.2) is 57.6 Å². The van der Waals surface area contributed by atoms with E-state index in [0.29, 0.717) is 36.9 Å². The number of hydrogen-bond acceptors (Lipinski definition) is 10. The average Bonchev–Trinajstić information content (AvgIpc) is 2.83. The molecule has 0 spiro atoms. The minimum absolute atomic E-state index is 0.0337. The molecule has 35 heavy (non-hydrogen) atoms. The Kier molecular flexibility index (Phi) is 7.48. The van der Waals surface area contributed by atoms with Crippen molar-refractivity contribution in [1.29, 1.82) is 0 Å². The number of morpholine rings is 1. The predicted molar refractivity (Wildman–Crippen MR) is 138 cm³/mol. The maximum atomic E-state index is 12.2. The molecule has 0 aliphatic carbocycles. The van der Waals surface area contributed by atoms with Gasteiger partial charge in [-0.3, -0.25) is 0 Å². The molecule has 4 rings (SSSR count). The van der Waals surface area contributed by atoms with E-state index in [-0.39, 0.29) is 27.5 Å². The van der Waals surface area contributed by atoms with Crippen molar-refractivity contribution in [2.45, 2.75) is 11.8 Å². The summed E-state index contributed by atoms with van der Waals surface area (Å²) in [7, 11) is -3.48. The van der Waals surface area contributed by atoms with Crippen molar-refractivity contribution in [2.24, 2.45) is 0 Å². The monoisotopic (exact) mass is 518 g/mol. The third-order valence-electron chi connectivity index (χ3n) is 5.30. The van der Waals surface area contributed by atoms with Gasteiger partial charge in [-0.25, -0.2) is 8.42 Å². The fourth-order valence-corrected chi connectivity index (χ4v) is 4.63. The Morgan fingerprint density at radius 2 is 1.86 bits per heavy atom. The number of para-hydroxylation sites is 1. The van der Waals surface area contributed by atoms with Gasteiger partial charge in [0.1, 0.15) is 16.6 Å². The Bertz CT molecular complexity index is 1320. The van der Waals surface area contributed by atoms with Gasteiger partial charge in [-0.15, -0.1) is 0 Å². The minimum atomic E-state index is -3.48. The van der Waals surface area contributed by atoms with E-state index in [1.54, 1.807) is 18.2 Å². The molecule has 1 saturated heterocycles. The number of nitrogen functional groups attached to an aromatic ring is 1. The Morgan fingerprint density at radius 1 is 1.11 bits per heavy atom. The first-order valence-electron chi connectivity index (χ1n) is 11.0. The summed E-state index contributed by atoms with van der Waals surface area (Å²) < 4.78 is 35.7. The van der Waals surface area contributed by atoms with Gasteiger partial charge in [0.25, 0.3) is 0 Å². The van der Waals surface area contributed by atoms with E-state index in [9.17, 15) is 8.42 Å². The summed E-state index contributed by atoms with van der Waals surface area (Å²) in [6, 6.07) is 12.3. The molecule has 0 atom stereocenters. The highest BCUT2D eigenvalue weighted by Gasteiger charge is 2.18. The molecule has 0 amide bonds. The fraction of sp³-hybridized carbons (Fsp3) is 0.304. The highest BCUT2D eigenvalue weighted by atomic mass is 35.5. The molecule has 0 saturated carbocycles. The zero-order valence-electron chi connectivity index (χ0n) is 19.4. The first kappa shape index (κ1) is 24.8. The van der Waals surface area contributed by atoms with Crippen molar-refractivity contribution >= 4 is 56.1 Å². The standard InChI is InChI=1S/C23H27ClN6O4S/c1-3-34-18-14-15(30-10-12-33-13-11-30)8-9-16(18)27-23-28-21(25)20(24)22(29-23)26-17-6-4-5-7-19(17)35(2,31)32/h4-9,14H,3,10-13H2,1-2H3,(H4,25,26,27,28,29). The fourth-order valence-electron chi connectivity index (χ4n) is 3.65. The Balaban J connectivity index is 1.64. The van der Waals surface area contributed by atoms with Crippen LogP contribution in [0.4, 0.5) is 34.6 Å². The molecule has 12 heteroatoms. The predicted octanol–water partition coefficient (Wildman–Crippen LogP) is 3.84. The second kappa shape index (κ2) is 10.5. The summed E-state index contributed by atoms with van der Waals surface area (Å²) in [5.74, 6) is 1.00. The van der Waals surface area contributed by atoms with E-state index in [2.05, 4.69) is 25.5 Å². The molecule has 2 heterocycles. The number of nitrogens with two attached hydrogens (primary N) is 1. The lowest BCUT2D eigenvalue weighted by molar-refractivity contribution is 0.122. The lowest BCUT2D eigenvalue weighted by Gasteiger charge is -2.29. The molecule has 1 aliphatic rings. The summed E-state index contributed by atoms with van der Waals surface area (Å²) in [6.45, 7) is 5.35. The third kappa shape index (κ3) is 5.87. The number of benzene rings is 2. The molecule has 3 aromatic rings. The van der Waals surface area contributed by atoms with Gasteiger partial charge in [0.2, 0.25) is 5.95 Å². The number of aromatic nitrogens is 2. The number of ether oxygens (including phenoxy) is 2. The maximum absolute atomic E-state index is 12.2. The van der Waals surface area contributed by atoms with Crippen LogP contribution in [0.5, 0.6) is 5.75 Å². The van der Waals surface area contributed by atoms with E-state index in [4.69, 9.17) is 26.8 Å². The second-order valence-electron chi connectivity index (χ2n) is 7.83. The maximum Gasteiger partial charge on any atom is 0.231 e. The zero-order valence-corrected chi connectivity index (χ0v) is 21.0. The van der Waals surface area contributed by atoms with Crippen molar-refractivity contribution in [2.75, 3.05) is 60.4 Å². The smallest absolute Gasteiger partial charge is 0.231 e. The summed E-state index contributed by atoms with van der Waals surface area (Å²) in [6.07, 6.45) is 1.13. The molecular formula is C23H27ClN6O4S. The number of halogens is 1.